The van der Waals surface area contributed by atoms with Crippen molar-refractivity contribution in [3.8, 4) is 45.1 Å². The fourth-order valence-corrected chi connectivity index (χ4v) is 5.93. The lowest BCUT2D eigenvalue weighted by atomic mass is 10.0. The molecule has 0 spiro atoms. The van der Waals surface area contributed by atoms with Crippen LogP contribution in [0, 0.1) is 5.92 Å². The predicted octanol–water partition coefficient (Wildman–Crippen LogP) is 6.51. The largest absolute Gasteiger partial charge is 0.493 e. The molecule has 0 aliphatic rings. The van der Waals surface area contributed by atoms with Crippen LogP contribution in [0.1, 0.15) is 45.1 Å². The normalized spacial score (nSPS) is 12.0. The molecule has 43 heavy (non-hydrogen) atoms. The fourth-order valence-electron chi connectivity index (χ4n) is 4.14. The lowest BCUT2D eigenvalue weighted by molar-refractivity contribution is -0.148. The first-order valence-electron chi connectivity index (χ1n) is 13.7. The van der Waals surface area contributed by atoms with Gasteiger partial charge in [-0.05, 0) is 30.7 Å². The van der Waals surface area contributed by atoms with Crippen molar-refractivity contribution in [2.24, 2.45) is 11.1 Å². The second-order valence-electron chi connectivity index (χ2n) is 9.33. The molecule has 1 heterocycles. The van der Waals surface area contributed by atoms with Crippen molar-refractivity contribution in [2.75, 3.05) is 48.4 Å². The van der Waals surface area contributed by atoms with Crippen LogP contribution in [0.2, 0.25) is 0 Å². The number of aromatic nitrogens is 2. The average molecular weight is 634 g/mol. The Bertz CT molecular complexity index is 1350. The standard InChI is InChI=1S/C30H39N3O8S2/c1-9-10-11-12-18(2)29(34)41-33-21(19-13-22(35-3)26(39-7)23(14-19)36-4)17-42-30-32-31-28(43-30)20-15-24(37-5)27(40-8)25(16-20)38-6/h13-16,18H,9-12,17H2,1-8H3/b33-21+. The van der Waals surface area contributed by atoms with Gasteiger partial charge < -0.3 is 33.3 Å². The number of carbonyl (C=O) groups is 1. The maximum Gasteiger partial charge on any atom is 0.337 e. The number of oxime groups is 1. The van der Waals surface area contributed by atoms with E-state index in [1.807, 2.05) is 19.1 Å². The van der Waals surface area contributed by atoms with E-state index in [4.69, 9.17) is 33.3 Å². The third-order valence-electron chi connectivity index (χ3n) is 6.54. The molecule has 1 atom stereocenters. The first-order chi connectivity index (χ1) is 20.8. The molecule has 0 fully saturated rings. The molecule has 0 N–H and O–H groups in total. The molecule has 0 aliphatic carbocycles. The van der Waals surface area contributed by atoms with Crippen molar-refractivity contribution < 1.29 is 38.1 Å². The number of ether oxygens (including phenoxy) is 6. The molecule has 1 unspecified atom stereocenters. The topological polar surface area (TPSA) is 120 Å². The number of hydrogen-bond acceptors (Lipinski definition) is 13. The SMILES string of the molecule is CCCCCC(C)C(=O)O/N=C(\CSc1nnc(-c2cc(OC)c(OC)c(OC)c2)s1)c1cc(OC)c(OC)c(OC)c1. The summed E-state index contributed by atoms with van der Waals surface area (Å²) in [6.45, 7) is 3.98. The van der Waals surface area contributed by atoms with E-state index in [2.05, 4.69) is 22.3 Å². The summed E-state index contributed by atoms with van der Waals surface area (Å²) in [5.74, 6) is 2.55. The van der Waals surface area contributed by atoms with Gasteiger partial charge in [0.05, 0.1) is 54.3 Å². The number of unbranched alkanes of at least 4 members (excludes halogenated alkanes) is 2. The summed E-state index contributed by atoms with van der Waals surface area (Å²) in [5, 5.41) is 13.7. The van der Waals surface area contributed by atoms with E-state index < -0.39 is 0 Å². The minimum atomic E-state index is -0.383. The van der Waals surface area contributed by atoms with Crippen LogP contribution in [-0.2, 0) is 9.63 Å². The van der Waals surface area contributed by atoms with Crippen molar-refractivity contribution in [1.29, 1.82) is 0 Å². The van der Waals surface area contributed by atoms with E-state index in [9.17, 15) is 4.79 Å². The van der Waals surface area contributed by atoms with Crippen LogP contribution in [0.5, 0.6) is 34.5 Å². The van der Waals surface area contributed by atoms with Crippen molar-refractivity contribution in [3.63, 3.8) is 0 Å². The number of nitrogens with zero attached hydrogens (tertiary/aromatic N) is 3. The van der Waals surface area contributed by atoms with Crippen LogP contribution >= 0.6 is 23.1 Å². The number of benzene rings is 2. The Morgan fingerprint density at radius 2 is 1.40 bits per heavy atom. The van der Waals surface area contributed by atoms with Gasteiger partial charge in [0, 0.05) is 16.9 Å². The summed E-state index contributed by atoms with van der Waals surface area (Å²) in [6, 6.07) is 7.17. The lowest BCUT2D eigenvalue weighted by Crippen LogP contribution is -2.15. The van der Waals surface area contributed by atoms with Gasteiger partial charge in [0.25, 0.3) is 0 Å². The third kappa shape index (κ3) is 8.66. The van der Waals surface area contributed by atoms with Gasteiger partial charge in [-0.15, -0.1) is 10.2 Å². The van der Waals surface area contributed by atoms with Crippen LogP contribution in [0.4, 0.5) is 0 Å². The molecule has 0 bridgehead atoms. The first kappa shape index (κ1) is 33.8. The maximum absolute atomic E-state index is 12.7. The number of carbonyl (C=O) groups excluding carboxylic acids is 1. The van der Waals surface area contributed by atoms with E-state index in [-0.39, 0.29) is 11.9 Å². The van der Waals surface area contributed by atoms with Gasteiger partial charge in [0.15, 0.2) is 27.3 Å². The van der Waals surface area contributed by atoms with Crippen molar-refractivity contribution in [1.82, 2.24) is 10.2 Å². The molecule has 11 nitrogen and oxygen atoms in total. The Hall–Kier alpha value is -3.71. The summed E-state index contributed by atoms with van der Waals surface area (Å²) >= 11 is 2.80. The molecule has 0 saturated carbocycles. The molecule has 234 valence electrons. The van der Waals surface area contributed by atoms with Crippen LogP contribution in [-0.4, -0.2) is 70.3 Å². The zero-order valence-corrected chi connectivity index (χ0v) is 27.5. The number of rotatable bonds is 17. The molecule has 1 aromatic heterocycles. The lowest BCUT2D eigenvalue weighted by Gasteiger charge is -2.15. The van der Waals surface area contributed by atoms with Crippen molar-refractivity contribution >= 4 is 34.8 Å². The third-order valence-corrected chi connectivity index (χ3v) is 8.65. The molecule has 3 rings (SSSR count). The summed E-state index contributed by atoms with van der Waals surface area (Å²) in [6.07, 6.45) is 3.84. The molecule has 0 amide bonds. The van der Waals surface area contributed by atoms with Gasteiger partial charge in [0.1, 0.15) is 5.01 Å². The molecular formula is C30H39N3O8S2. The number of methoxy groups -OCH3 is 6. The zero-order valence-electron chi connectivity index (χ0n) is 25.8. The van der Waals surface area contributed by atoms with E-state index in [0.717, 1.165) is 31.2 Å². The quantitative estimate of drug-likeness (QED) is 0.0532. The number of hydrogen-bond donors (Lipinski definition) is 0. The van der Waals surface area contributed by atoms with E-state index in [1.165, 1.54) is 44.4 Å². The Balaban J connectivity index is 1.90. The van der Waals surface area contributed by atoms with Gasteiger partial charge >= 0.3 is 5.97 Å². The Kier molecular flexibility index (Phi) is 13.2. The Morgan fingerprint density at radius 1 is 0.837 bits per heavy atom. The molecule has 0 radical (unpaired) electrons. The number of thioether (sulfide) groups is 1. The molecule has 13 heteroatoms. The first-order valence-corrected chi connectivity index (χ1v) is 15.5. The molecule has 3 aromatic rings. The van der Waals surface area contributed by atoms with Gasteiger partial charge in [-0.3, -0.25) is 0 Å². The van der Waals surface area contributed by atoms with Gasteiger partial charge in [-0.2, -0.15) is 0 Å². The van der Waals surface area contributed by atoms with E-state index in [0.29, 0.717) is 60.9 Å². The minimum Gasteiger partial charge on any atom is -0.493 e. The van der Waals surface area contributed by atoms with Crippen molar-refractivity contribution in [2.45, 2.75) is 43.9 Å². The zero-order chi connectivity index (χ0) is 31.4. The van der Waals surface area contributed by atoms with E-state index in [1.54, 1.807) is 33.5 Å². The Labute approximate surface area is 260 Å². The van der Waals surface area contributed by atoms with Gasteiger partial charge in [-0.1, -0.05) is 61.4 Å². The summed E-state index contributed by atoms with van der Waals surface area (Å²) < 4.78 is 33.6. The predicted molar refractivity (Wildman–Crippen MR) is 168 cm³/mol. The highest BCUT2D eigenvalue weighted by atomic mass is 32.2. The molecule has 2 aromatic carbocycles. The Morgan fingerprint density at radius 3 is 1.91 bits per heavy atom. The second kappa shape index (κ2) is 16.8. The highest BCUT2D eigenvalue weighted by Gasteiger charge is 2.21. The average Bonchev–Trinajstić information content (AvgIpc) is 3.52. The van der Waals surface area contributed by atoms with Gasteiger partial charge in [0.2, 0.25) is 11.5 Å². The smallest absolute Gasteiger partial charge is 0.337 e. The minimum absolute atomic E-state index is 0.270. The van der Waals surface area contributed by atoms with Crippen LogP contribution in [0.3, 0.4) is 0 Å². The van der Waals surface area contributed by atoms with E-state index >= 15 is 0 Å². The van der Waals surface area contributed by atoms with Crippen LogP contribution in [0.15, 0.2) is 33.8 Å². The monoisotopic (exact) mass is 633 g/mol. The molecule has 0 aliphatic heterocycles. The van der Waals surface area contributed by atoms with Gasteiger partial charge in [-0.25, -0.2) is 4.79 Å². The summed E-state index contributed by atoms with van der Waals surface area (Å²) in [5.41, 5.74) is 1.90. The summed E-state index contributed by atoms with van der Waals surface area (Å²) in [4.78, 5) is 18.2. The highest BCUT2D eigenvalue weighted by Crippen LogP contribution is 2.43. The maximum atomic E-state index is 12.7. The van der Waals surface area contributed by atoms with Crippen LogP contribution < -0.4 is 28.4 Å². The van der Waals surface area contributed by atoms with Crippen LogP contribution in [0.25, 0.3) is 10.6 Å². The highest BCUT2D eigenvalue weighted by molar-refractivity contribution is 8.01. The van der Waals surface area contributed by atoms with Crippen molar-refractivity contribution in [3.05, 3.63) is 29.8 Å². The second-order valence-corrected chi connectivity index (χ2v) is 11.5. The fraction of sp³-hybridized carbons (Fsp3) is 0.467. The molecule has 0 saturated heterocycles. The summed E-state index contributed by atoms with van der Waals surface area (Å²) in [7, 11) is 9.29. The molecular weight excluding hydrogens is 594 g/mol.